The number of carbonyl (C=O) groups excluding carboxylic acids is 1. The molecule has 3 heterocycles. The summed E-state index contributed by atoms with van der Waals surface area (Å²) >= 11 is 0. The number of carbonyl (C=O) groups is 1. The SMILES string of the molecule is O=C(NC1CCc2nn(Cc3ccc(F)cc3)c(=O)n2CC1)c1ccc2c(c1)CCCO2. The highest BCUT2D eigenvalue weighted by molar-refractivity contribution is 5.94. The van der Waals surface area contributed by atoms with Crippen LogP contribution in [0, 0.1) is 5.82 Å². The predicted octanol–water partition coefficient (Wildman–Crippen LogP) is 2.69. The second-order valence-electron chi connectivity index (χ2n) is 8.41. The van der Waals surface area contributed by atoms with E-state index in [1.54, 1.807) is 22.8 Å². The van der Waals surface area contributed by atoms with Crippen molar-refractivity contribution in [3.05, 3.63) is 81.3 Å². The molecule has 166 valence electrons. The number of aryl methyl sites for hydroxylation is 2. The lowest BCUT2D eigenvalue weighted by Crippen LogP contribution is -2.36. The second kappa shape index (κ2) is 8.61. The number of hydrogen-bond donors (Lipinski definition) is 1. The maximum Gasteiger partial charge on any atom is 0.346 e. The molecule has 0 radical (unpaired) electrons. The largest absolute Gasteiger partial charge is 0.493 e. The van der Waals surface area contributed by atoms with Crippen LogP contribution in [0.4, 0.5) is 4.39 Å². The summed E-state index contributed by atoms with van der Waals surface area (Å²) in [5, 5.41) is 7.62. The highest BCUT2D eigenvalue weighted by Crippen LogP contribution is 2.25. The highest BCUT2D eigenvalue weighted by atomic mass is 19.1. The Labute approximate surface area is 184 Å². The minimum absolute atomic E-state index is 0.0265. The molecule has 3 aromatic rings. The van der Waals surface area contributed by atoms with Crippen molar-refractivity contribution in [2.45, 2.75) is 51.2 Å². The van der Waals surface area contributed by atoms with E-state index in [2.05, 4.69) is 10.4 Å². The van der Waals surface area contributed by atoms with Crippen LogP contribution in [-0.2, 0) is 25.9 Å². The van der Waals surface area contributed by atoms with Gasteiger partial charge in [0, 0.05) is 24.6 Å². The van der Waals surface area contributed by atoms with E-state index in [1.165, 1.54) is 16.8 Å². The Morgan fingerprint density at radius 1 is 1.16 bits per heavy atom. The first-order chi connectivity index (χ1) is 15.6. The highest BCUT2D eigenvalue weighted by Gasteiger charge is 2.23. The van der Waals surface area contributed by atoms with Crippen molar-refractivity contribution >= 4 is 5.91 Å². The average molecular weight is 436 g/mol. The summed E-state index contributed by atoms with van der Waals surface area (Å²) in [4.78, 5) is 25.6. The molecule has 1 atom stereocenters. The lowest BCUT2D eigenvalue weighted by Gasteiger charge is -2.19. The molecule has 0 saturated carbocycles. The van der Waals surface area contributed by atoms with E-state index < -0.39 is 0 Å². The van der Waals surface area contributed by atoms with Crippen LogP contribution in [0.3, 0.4) is 0 Å². The molecule has 8 heteroatoms. The number of nitrogens with one attached hydrogen (secondary N) is 1. The van der Waals surface area contributed by atoms with Gasteiger partial charge in [0.15, 0.2) is 0 Å². The molecule has 0 aliphatic carbocycles. The van der Waals surface area contributed by atoms with E-state index in [-0.39, 0.29) is 23.5 Å². The maximum atomic E-state index is 13.1. The van der Waals surface area contributed by atoms with E-state index in [4.69, 9.17) is 4.74 Å². The van der Waals surface area contributed by atoms with Gasteiger partial charge in [-0.2, -0.15) is 5.10 Å². The van der Waals surface area contributed by atoms with Gasteiger partial charge in [-0.25, -0.2) is 13.9 Å². The standard InChI is InChI=1S/C24H25FN4O3/c25-19-6-3-16(4-7-19)15-29-24(31)28-12-11-20(8-10-22(28)27-29)26-23(30)18-5-9-21-17(14-18)2-1-13-32-21/h3-7,9,14,20H,1-2,8,10-13,15H2,(H,26,30). The molecular weight excluding hydrogens is 411 g/mol. The first kappa shape index (κ1) is 20.5. The van der Waals surface area contributed by atoms with Crippen LogP contribution in [0.5, 0.6) is 5.75 Å². The molecular formula is C24H25FN4O3. The molecule has 0 saturated heterocycles. The topological polar surface area (TPSA) is 78.2 Å². The van der Waals surface area contributed by atoms with Crippen LogP contribution in [0.2, 0.25) is 0 Å². The molecule has 2 aromatic carbocycles. The van der Waals surface area contributed by atoms with Gasteiger partial charge in [-0.15, -0.1) is 0 Å². The third kappa shape index (κ3) is 4.17. The molecule has 1 N–H and O–H groups in total. The van der Waals surface area contributed by atoms with Gasteiger partial charge in [0.25, 0.3) is 5.91 Å². The minimum Gasteiger partial charge on any atom is -0.493 e. The summed E-state index contributed by atoms with van der Waals surface area (Å²) in [7, 11) is 0. The number of benzene rings is 2. The third-order valence-electron chi connectivity index (χ3n) is 6.17. The molecule has 2 aliphatic rings. The van der Waals surface area contributed by atoms with Crippen molar-refractivity contribution in [2.24, 2.45) is 0 Å². The van der Waals surface area contributed by atoms with E-state index in [0.717, 1.165) is 42.1 Å². The number of halogens is 1. The molecule has 7 nitrogen and oxygen atoms in total. The molecule has 0 bridgehead atoms. The van der Waals surface area contributed by atoms with E-state index in [0.29, 0.717) is 37.9 Å². The van der Waals surface area contributed by atoms with Crippen LogP contribution in [0.25, 0.3) is 0 Å². The zero-order valence-corrected chi connectivity index (χ0v) is 17.7. The summed E-state index contributed by atoms with van der Waals surface area (Å²) < 4.78 is 21.9. The van der Waals surface area contributed by atoms with Crippen molar-refractivity contribution in [3.8, 4) is 5.75 Å². The normalized spacial score (nSPS) is 17.6. The Hall–Kier alpha value is -3.42. The number of ether oxygens (including phenoxy) is 1. The molecule has 1 unspecified atom stereocenters. The van der Waals surface area contributed by atoms with Gasteiger partial charge in [-0.3, -0.25) is 9.36 Å². The zero-order chi connectivity index (χ0) is 22.1. The molecule has 32 heavy (non-hydrogen) atoms. The van der Waals surface area contributed by atoms with Gasteiger partial charge in [0.2, 0.25) is 0 Å². The lowest BCUT2D eigenvalue weighted by molar-refractivity contribution is 0.0932. The Morgan fingerprint density at radius 2 is 2.00 bits per heavy atom. The number of rotatable bonds is 4. The summed E-state index contributed by atoms with van der Waals surface area (Å²) in [6, 6.07) is 11.6. The maximum absolute atomic E-state index is 13.1. The number of amides is 1. The molecule has 0 spiro atoms. The van der Waals surface area contributed by atoms with Gasteiger partial charge in [-0.05, 0) is 67.1 Å². The smallest absolute Gasteiger partial charge is 0.346 e. The Bertz CT molecular complexity index is 1200. The van der Waals surface area contributed by atoms with Crippen LogP contribution in [0.15, 0.2) is 47.3 Å². The molecule has 0 fully saturated rings. The lowest BCUT2D eigenvalue weighted by atomic mass is 10.0. The Balaban J connectivity index is 1.24. The van der Waals surface area contributed by atoms with Crippen molar-refractivity contribution in [3.63, 3.8) is 0 Å². The summed E-state index contributed by atoms with van der Waals surface area (Å²) in [5.41, 5.74) is 2.36. The van der Waals surface area contributed by atoms with Gasteiger partial charge in [-0.1, -0.05) is 12.1 Å². The summed E-state index contributed by atoms with van der Waals surface area (Å²) in [6.45, 7) is 1.53. The molecule has 1 amide bonds. The van der Waals surface area contributed by atoms with Crippen molar-refractivity contribution in [1.29, 1.82) is 0 Å². The van der Waals surface area contributed by atoms with Crippen molar-refractivity contribution < 1.29 is 13.9 Å². The Kier molecular flexibility index (Phi) is 5.51. The zero-order valence-electron chi connectivity index (χ0n) is 17.7. The van der Waals surface area contributed by atoms with Gasteiger partial charge in [0.1, 0.15) is 17.4 Å². The summed E-state index contributed by atoms with van der Waals surface area (Å²) in [6.07, 6.45) is 3.87. The second-order valence-corrected chi connectivity index (χ2v) is 8.41. The van der Waals surface area contributed by atoms with Gasteiger partial charge in [0.05, 0.1) is 13.2 Å². The van der Waals surface area contributed by atoms with Crippen molar-refractivity contribution in [1.82, 2.24) is 19.7 Å². The number of aromatic nitrogens is 3. The third-order valence-corrected chi connectivity index (χ3v) is 6.17. The first-order valence-electron chi connectivity index (χ1n) is 11.0. The molecule has 2 aliphatic heterocycles. The number of hydrogen-bond acceptors (Lipinski definition) is 4. The number of fused-ring (bicyclic) bond motifs is 2. The van der Waals surface area contributed by atoms with E-state index in [9.17, 15) is 14.0 Å². The predicted molar refractivity (Wildman–Crippen MR) is 116 cm³/mol. The van der Waals surface area contributed by atoms with Crippen molar-refractivity contribution in [2.75, 3.05) is 6.61 Å². The fourth-order valence-electron chi connectivity index (χ4n) is 4.41. The fraction of sp³-hybridized carbons (Fsp3) is 0.375. The monoisotopic (exact) mass is 436 g/mol. The van der Waals surface area contributed by atoms with E-state index >= 15 is 0 Å². The fourth-order valence-corrected chi connectivity index (χ4v) is 4.41. The number of nitrogens with zero attached hydrogens (tertiary/aromatic N) is 3. The molecule has 5 rings (SSSR count). The average Bonchev–Trinajstić information content (AvgIpc) is 2.97. The first-order valence-corrected chi connectivity index (χ1v) is 11.0. The van der Waals surface area contributed by atoms with Crippen LogP contribution >= 0.6 is 0 Å². The molecule has 1 aromatic heterocycles. The van der Waals surface area contributed by atoms with Gasteiger partial charge < -0.3 is 10.1 Å². The van der Waals surface area contributed by atoms with Gasteiger partial charge >= 0.3 is 5.69 Å². The Morgan fingerprint density at radius 3 is 2.84 bits per heavy atom. The quantitative estimate of drug-likeness (QED) is 0.682. The van der Waals surface area contributed by atoms with Crippen LogP contribution in [-0.4, -0.2) is 32.9 Å². The summed E-state index contributed by atoms with van der Waals surface area (Å²) in [5.74, 6) is 1.18. The van der Waals surface area contributed by atoms with Crippen LogP contribution < -0.4 is 15.7 Å². The minimum atomic E-state index is -0.307. The van der Waals surface area contributed by atoms with Crippen LogP contribution in [0.1, 0.15) is 46.6 Å². The van der Waals surface area contributed by atoms with E-state index in [1.807, 2.05) is 12.1 Å².